The van der Waals surface area contributed by atoms with E-state index in [-0.39, 0.29) is 70.2 Å². The number of rotatable bonds is 9. The summed E-state index contributed by atoms with van der Waals surface area (Å²) in [4.78, 5) is 58.3. The molecule has 15 heteroatoms. The number of nitrogens with one attached hydrogen (secondary N) is 1. The Morgan fingerprint density at radius 1 is 1.17 bits per heavy atom. The Morgan fingerprint density at radius 3 is 2.66 bits per heavy atom. The van der Waals surface area contributed by atoms with E-state index in [4.69, 9.17) is 10.5 Å². The number of fused-ring (bicyclic) bond motifs is 1. The number of thioether (sulfide) groups is 1. The van der Waals surface area contributed by atoms with Gasteiger partial charge >= 0.3 is 5.97 Å². The summed E-state index contributed by atoms with van der Waals surface area (Å²) in [5.74, 6) is 0.937. The molecule has 2 aromatic heterocycles. The van der Waals surface area contributed by atoms with Crippen LogP contribution in [0.3, 0.4) is 0 Å². The Bertz CT molecular complexity index is 1720. The van der Waals surface area contributed by atoms with Crippen molar-refractivity contribution in [2.45, 2.75) is 96.6 Å². The highest BCUT2D eigenvalue weighted by molar-refractivity contribution is 8.00. The quantitative estimate of drug-likeness (QED) is 0.249. The molecule has 2 bridgehead atoms. The second-order valence-corrected chi connectivity index (χ2v) is 17.9. The maximum absolute atomic E-state index is 13.7. The van der Waals surface area contributed by atoms with Crippen molar-refractivity contribution in [2.75, 3.05) is 55.7 Å². The summed E-state index contributed by atoms with van der Waals surface area (Å²) in [6.45, 7) is 17.6. The van der Waals surface area contributed by atoms with E-state index in [0.717, 1.165) is 57.7 Å². The number of esters is 1. The number of nitrogens with zero attached hydrogens (tertiary/aromatic N) is 6. The number of aliphatic hydroxyl groups is 1. The molecule has 13 nitrogen and oxygen atoms in total. The van der Waals surface area contributed by atoms with Crippen LogP contribution in [0.4, 0.5) is 11.8 Å². The Kier molecular flexibility index (Phi) is 11.5. The first-order valence-corrected chi connectivity index (χ1v) is 20.2. The van der Waals surface area contributed by atoms with Crippen LogP contribution in [0.2, 0.25) is 0 Å². The molecule has 4 heterocycles. The van der Waals surface area contributed by atoms with Gasteiger partial charge in [-0.2, -0.15) is 9.97 Å². The fourth-order valence-corrected chi connectivity index (χ4v) is 11.5. The smallest absolute Gasteiger partial charge is 0.316 e. The van der Waals surface area contributed by atoms with Crippen molar-refractivity contribution in [2.24, 2.45) is 34.0 Å². The standard InChI is InChI=1S/C38H56N8O5S.ClH/c1-6-36(4)19-27(37(5)23(2)7-11-38(24(3)32(36)50)12-8-26(47)31(37)38)51-29(49)21-52-25-9-15-45(20-25)28(48)10-16-46-22-41-30-33(42-35(39)43-34(30)46)44-17-13-40-14-18-44;/h6,22-25,27,31-32,40,50H,1,7-21H2,2-5H3,(H2,39,42,43);1H/t23-,24+,25+,27-,31-,32+,36-,37+,38+;/m1./s1. The van der Waals surface area contributed by atoms with Gasteiger partial charge in [0.05, 0.1) is 18.2 Å². The molecule has 3 saturated carbocycles. The molecule has 0 radical (unpaired) electrons. The van der Waals surface area contributed by atoms with Gasteiger partial charge in [-0.1, -0.05) is 33.8 Å². The minimum absolute atomic E-state index is 0. The molecule has 53 heavy (non-hydrogen) atoms. The highest BCUT2D eigenvalue weighted by atomic mass is 35.5. The van der Waals surface area contributed by atoms with Gasteiger partial charge in [-0.05, 0) is 49.4 Å². The van der Waals surface area contributed by atoms with Crippen LogP contribution >= 0.6 is 24.2 Å². The van der Waals surface area contributed by atoms with Crippen LogP contribution in [-0.2, 0) is 25.7 Å². The molecule has 0 aromatic carbocycles. The number of nitrogens with two attached hydrogens (primary N) is 1. The van der Waals surface area contributed by atoms with Crippen LogP contribution in [0.1, 0.15) is 72.6 Å². The lowest BCUT2D eigenvalue weighted by molar-refractivity contribution is -0.205. The number of aromatic nitrogens is 4. The van der Waals surface area contributed by atoms with Gasteiger partial charge in [0.2, 0.25) is 11.9 Å². The van der Waals surface area contributed by atoms with Crippen molar-refractivity contribution in [1.82, 2.24) is 29.7 Å². The number of ether oxygens (including phenoxy) is 1. The largest absolute Gasteiger partial charge is 0.461 e. The number of carbonyl (C=O) groups excluding carboxylic acids is 3. The normalized spacial score (nSPS) is 35.7. The zero-order chi connectivity index (χ0) is 37.0. The SMILES string of the molecule is C=C[C@]1(C)C[C@@H](OC(=O)CS[C@H]2CCN(C(=O)CCn3cnc4c(N5CCNCC5)nc(N)nc43)C2)[C@]2(C)[C@H](C)CC[C@]3(CCC(=O)[C@@H]32)[C@@H](C)[C@@H]1O.Cl. The molecule has 2 aromatic rings. The molecule has 0 spiro atoms. The highest BCUT2D eigenvalue weighted by Gasteiger charge is 2.68. The third kappa shape index (κ3) is 6.95. The maximum Gasteiger partial charge on any atom is 0.316 e. The molecule has 4 N–H and O–H groups in total. The van der Waals surface area contributed by atoms with Crippen molar-refractivity contribution < 1.29 is 24.2 Å². The Balaban J connectivity index is 0.00000481. The number of aryl methyl sites for hydroxylation is 1. The fraction of sp³-hybridized carbons (Fsp3) is 0.737. The topological polar surface area (TPSA) is 169 Å². The number of ketones is 1. The number of hydrogen-bond acceptors (Lipinski definition) is 12. The first-order chi connectivity index (χ1) is 24.8. The van der Waals surface area contributed by atoms with Gasteiger partial charge in [0, 0.05) is 80.7 Å². The zero-order valence-electron chi connectivity index (χ0n) is 31.6. The number of anilines is 2. The number of likely N-dealkylation sites (tertiary alicyclic amines) is 1. The number of halogens is 1. The summed E-state index contributed by atoms with van der Waals surface area (Å²) in [6, 6.07) is 0. The summed E-state index contributed by atoms with van der Waals surface area (Å²) in [6.07, 6.45) is 6.96. The Hall–Kier alpha value is -2.94. The summed E-state index contributed by atoms with van der Waals surface area (Å²) in [5.41, 5.74) is 5.90. The van der Waals surface area contributed by atoms with Gasteiger partial charge in [0.25, 0.3) is 0 Å². The van der Waals surface area contributed by atoms with E-state index >= 15 is 0 Å². The van der Waals surface area contributed by atoms with Crippen LogP contribution in [0, 0.1) is 34.0 Å². The molecule has 2 saturated heterocycles. The Morgan fingerprint density at radius 2 is 1.92 bits per heavy atom. The van der Waals surface area contributed by atoms with Crippen LogP contribution in [-0.4, -0.2) is 110 Å². The lowest BCUT2D eigenvalue weighted by Crippen LogP contribution is -2.63. The molecule has 0 unspecified atom stereocenters. The molecular weight excluding hydrogens is 716 g/mol. The van der Waals surface area contributed by atoms with E-state index in [1.165, 1.54) is 11.8 Å². The molecular formula is C38H57ClN8O5S. The van der Waals surface area contributed by atoms with E-state index in [1.54, 1.807) is 6.33 Å². The molecule has 5 fully saturated rings. The predicted octanol–water partition coefficient (Wildman–Crippen LogP) is 3.87. The van der Waals surface area contributed by atoms with Gasteiger partial charge < -0.3 is 35.3 Å². The molecule has 2 aliphatic heterocycles. The maximum atomic E-state index is 13.7. The zero-order valence-corrected chi connectivity index (χ0v) is 33.2. The number of Topliss-reactive ketones (excluding diaryl/α,β-unsaturated/α-hetero) is 1. The monoisotopic (exact) mass is 772 g/mol. The van der Waals surface area contributed by atoms with Crippen LogP contribution < -0.4 is 16.0 Å². The number of carbonyl (C=O) groups is 3. The number of nitrogen functional groups attached to an aromatic ring is 1. The second kappa shape index (κ2) is 15.3. The highest BCUT2D eigenvalue weighted by Crippen LogP contribution is 2.68. The number of aliphatic hydroxyl groups excluding tert-OH is 1. The van der Waals surface area contributed by atoms with Gasteiger partial charge in [0.1, 0.15) is 11.9 Å². The van der Waals surface area contributed by atoms with Gasteiger partial charge in [-0.15, -0.1) is 30.7 Å². The average Bonchev–Trinajstić information content (AvgIpc) is 3.88. The van der Waals surface area contributed by atoms with Gasteiger partial charge in [-0.25, -0.2) is 4.98 Å². The second-order valence-electron chi connectivity index (χ2n) is 16.6. The molecule has 292 valence electrons. The number of piperazine rings is 1. The summed E-state index contributed by atoms with van der Waals surface area (Å²) < 4.78 is 8.31. The van der Waals surface area contributed by atoms with Gasteiger partial charge in [0.15, 0.2) is 17.0 Å². The van der Waals surface area contributed by atoms with E-state index in [9.17, 15) is 19.5 Å². The third-order valence-electron chi connectivity index (χ3n) is 14.0. The van der Waals surface area contributed by atoms with Crippen LogP contribution in [0.15, 0.2) is 19.0 Å². The van der Waals surface area contributed by atoms with Gasteiger partial charge in [-0.3, -0.25) is 14.4 Å². The van der Waals surface area contributed by atoms with Crippen molar-refractivity contribution >= 4 is 64.8 Å². The molecule has 3 aliphatic carbocycles. The van der Waals surface area contributed by atoms with Crippen LogP contribution in [0.5, 0.6) is 0 Å². The lowest BCUT2D eigenvalue weighted by atomic mass is 9.44. The summed E-state index contributed by atoms with van der Waals surface area (Å²) >= 11 is 1.53. The number of hydrogen-bond donors (Lipinski definition) is 3. The van der Waals surface area contributed by atoms with Crippen molar-refractivity contribution in [3.63, 3.8) is 0 Å². The summed E-state index contributed by atoms with van der Waals surface area (Å²) in [5, 5.41) is 15.3. The number of amides is 1. The molecule has 9 atom stereocenters. The summed E-state index contributed by atoms with van der Waals surface area (Å²) in [7, 11) is 0. The fourth-order valence-electron chi connectivity index (χ4n) is 10.6. The van der Waals surface area contributed by atoms with Crippen molar-refractivity contribution in [1.29, 1.82) is 0 Å². The first-order valence-electron chi connectivity index (χ1n) is 19.2. The van der Waals surface area contributed by atoms with Crippen LogP contribution in [0.25, 0.3) is 11.2 Å². The van der Waals surface area contributed by atoms with Crippen molar-refractivity contribution in [3.05, 3.63) is 19.0 Å². The third-order valence-corrected chi connectivity index (χ3v) is 15.2. The minimum atomic E-state index is -0.692. The molecule has 5 aliphatic rings. The van der Waals surface area contributed by atoms with E-state index < -0.39 is 23.0 Å². The minimum Gasteiger partial charge on any atom is -0.461 e. The number of imidazole rings is 1. The molecule has 1 amide bonds. The molecule has 7 rings (SSSR count). The first kappa shape index (κ1) is 39.7. The lowest BCUT2D eigenvalue weighted by Gasteiger charge is -2.61. The van der Waals surface area contributed by atoms with E-state index in [2.05, 4.69) is 52.5 Å². The van der Waals surface area contributed by atoms with E-state index in [1.807, 2.05) is 22.5 Å². The van der Waals surface area contributed by atoms with E-state index in [0.29, 0.717) is 50.1 Å². The van der Waals surface area contributed by atoms with Crippen molar-refractivity contribution in [3.8, 4) is 0 Å². The Labute approximate surface area is 323 Å². The average molecular weight is 773 g/mol. The predicted molar refractivity (Wildman–Crippen MR) is 209 cm³/mol.